The minimum Gasteiger partial charge on any atom is -0.361 e. The van der Waals surface area contributed by atoms with Crippen LogP contribution in [0.25, 0.3) is 10.9 Å². The fourth-order valence-electron chi connectivity index (χ4n) is 2.47. The van der Waals surface area contributed by atoms with E-state index in [1.165, 1.54) is 25.8 Å². The normalized spacial score (nSPS) is 12.9. The number of hydrogen-bond donors (Lipinski definition) is 2. The van der Waals surface area contributed by atoms with E-state index in [2.05, 4.69) is 75.1 Å². The van der Waals surface area contributed by atoms with Gasteiger partial charge in [0, 0.05) is 32.5 Å². The maximum atomic E-state index is 3.60. The lowest BCUT2D eigenvalue weighted by Crippen LogP contribution is -2.20. The third-order valence-corrected chi connectivity index (χ3v) is 5.61. The Morgan fingerprint density at radius 2 is 2.15 bits per heavy atom. The van der Waals surface area contributed by atoms with Crippen LogP contribution in [0.15, 0.2) is 46.4 Å². The molecule has 0 spiro atoms. The van der Waals surface area contributed by atoms with Crippen LogP contribution in [-0.2, 0) is 6.42 Å². The number of H-pyrrole nitrogens is 1. The van der Waals surface area contributed by atoms with E-state index in [-0.39, 0.29) is 0 Å². The highest BCUT2D eigenvalue weighted by Crippen LogP contribution is 2.28. The van der Waals surface area contributed by atoms with Crippen molar-refractivity contribution in [2.24, 2.45) is 0 Å². The lowest BCUT2D eigenvalue weighted by molar-refractivity contribution is 0.584. The van der Waals surface area contributed by atoms with Gasteiger partial charge in [0.15, 0.2) is 0 Å². The van der Waals surface area contributed by atoms with Crippen LogP contribution < -0.4 is 5.32 Å². The van der Waals surface area contributed by atoms with Crippen molar-refractivity contribution in [1.29, 1.82) is 0 Å². The number of benzene rings is 1. The Kier molecular flexibility index (Phi) is 4.24. The molecule has 0 amide bonds. The Labute approximate surface area is 131 Å². The van der Waals surface area contributed by atoms with Gasteiger partial charge in [-0.3, -0.25) is 0 Å². The molecule has 2 N–H and O–H groups in total. The first-order valence-corrected chi connectivity index (χ1v) is 8.44. The van der Waals surface area contributed by atoms with Gasteiger partial charge in [0.1, 0.15) is 0 Å². The summed E-state index contributed by atoms with van der Waals surface area (Å²) < 4.78 is 1.20. The number of hydrogen-bond acceptors (Lipinski definition) is 2. The van der Waals surface area contributed by atoms with Gasteiger partial charge < -0.3 is 10.3 Å². The number of aromatic amines is 1. The highest BCUT2D eigenvalue weighted by molar-refractivity contribution is 9.10. The van der Waals surface area contributed by atoms with Crippen LogP contribution in [0, 0.1) is 0 Å². The first-order chi connectivity index (χ1) is 9.75. The van der Waals surface area contributed by atoms with Crippen LogP contribution >= 0.6 is 27.3 Å². The van der Waals surface area contributed by atoms with Crippen molar-refractivity contribution in [3.63, 3.8) is 0 Å². The Hall–Kier alpha value is -1.10. The molecular weight excluding hydrogens is 332 g/mol. The Morgan fingerprint density at radius 3 is 2.95 bits per heavy atom. The highest BCUT2D eigenvalue weighted by Gasteiger charge is 2.10. The van der Waals surface area contributed by atoms with Crippen LogP contribution in [0.1, 0.15) is 23.4 Å². The van der Waals surface area contributed by atoms with E-state index in [0.29, 0.717) is 6.04 Å². The molecule has 0 radical (unpaired) electrons. The third kappa shape index (κ3) is 2.82. The molecule has 0 aliphatic rings. The summed E-state index contributed by atoms with van der Waals surface area (Å²) in [6.07, 6.45) is 3.16. The van der Waals surface area contributed by atoms with E-state index in [1.54, 1.807) is 11.3 Å². The van der Waals surface area contributed by atoms with Gasteiger partial charge in [0.25, 0.3) is 0 Å². The molecule has 2 heterocycles. The monoisotopic (exact) mass is 348 g/mol. The molecule has 3 rings (SSSR count). The van der Waals surface area contributed by atoms with Gasteiger partial charge in [-0.05, 0) is 58.9 Å². The Balaban J connectivity index is 1.61. The van der Waals surface area contributed by atoms with E-state index in [4.69, 9.17) is 0 Å². The van der Waals surface area contributed by atoms with Crippen LogP contribution in [0.2, 0.25) is 0 Å². The Bertz CT molecular complexity index is 701. The lowest BCUT2D eigenvalue weighted by atomic mass is 10.1. The third-order valence-electron chi connectivity index (χ3n) is 3.56. The summed E-state index contributed by atoms with van der Waals surface area (Å²) in [6, 6.07) is 11.0. The summed E-state index contributed by atoms with van der Waals surface area (Å²) >= 11 is 5.39. The molecule has 0 saturated heterocycles. The fourth-order valence-corrected chi connectivity index (χ4v) is 4.22. The van der Waals surface area contributed by atoms with Crippen LogP contribution in [-0.4, -0.2) is 11.5 Å². The zero-order valence-electron chi connectivity index (χ0n) is 11.3. The maximum Gasteiger partial charge on any atom is 0.0456 e. The summed E-state index contributed by atoms with van der Waals surface area (Å²) in [5, 5.41) is 7.05. The Morgan fingerprint density at radius 1 is 1.30 bits per heavy atom. The van der Waals surface area contributed by atoms with Crippen LogP contribution in [0.5, 0.6) is 0 Å². The van der Waals surface area contributed by atoms with Crippen LogP contribution in [0.4, 0.5) is 0 Å². The molecule has 0 bridgehead atoms. The largest absolute Gasteiger partial charge is 0.361 e. The van der Waals surface area contributed by atoms with Crippen molar-refractivity contribution in [1.82, 2.24) is 10.3 Å². The van der Waals surface area contributed by atoms with E-state index < -0.39 is 0 Å². The standard InChI is InChI=1S/C16H17BrN2S/c1-11(16-14(17)7-9-20-16)18-8-6-12-10-19-15-5-3-2-4-13(12)15/h2-5,7,9-11,18-19H,6,8H2,1H3. The SMILES string of the molecule is CC(NCCc1c[nH]c2ccccc12)c1sccc1Br. The molecule has 0 aliphatic carbocycles. The number of nitrogens with one attached hydrogen (secondary N) is 2. The fraction of sp³-hybridized carbons (Fsp3) is 0.250. The molecule has 0 fully saturated rings. The van der Waals surface area contributed by atoms with E-state index in [0.717, 1.165) is 13.0 Å². The second kappa shape index (κ2) is 6.12. The molecular formula is C16H17BrN2S. The summed E-state index contributed by atoms with van der Waals surface area (Å²) in [4.78, 5) is 4.69. The summed E-state index contributed by atoms with van der Waals surface area (Å²) in [5.74, 6) is 0. The molecule has 1 aromatic carbocycles. The first kappa shape index (κ1) is 13.9. The van der Waals surface area contributed by atoms with Gasteiger partial charge in [0.2, 0.25) is 0 Å². The van der Waals surface area contributed by atoms with Gasteiger partial charge in [-0.25, -0.2) is 0 Å². The summed E-state index contributed by atoms with van der Waals surface area (Å²) in [5.41, 5.74) is 2.60. The molecule has 1 unspecified atom stereocenters. The average molecular weight is 349 g/mol. The average Bonchev–Trinajstić information content (AvgIpc) is 3.05. The van der Waals surface area contributed by atoms with Crippen LogP contribution in [0.3, 0.4) is 0 Å². The van der Waals surface area contributed by atoms with E-state index >= 15 is 0 Å². The molecule has 104 valence electrons. The zero-order chi connectivity index (χ0) is 13.9. The summed E-state index contributed by atoms with van der Waals surface area (Å²) in [7, 11) is 0. The topological polar surface area (TPSA) is 27.8 Å². The number of rotatable bonds is 5. The van der Waals surface area contributed by atoms with E-state index in [9.17, 15) is 0 Å². The van der Waals surface area contributed by atoms with E-state index in [1.807, 2.05) is 0 Å². The maximum absolute atomic E-state index is 3.60. The quantitative estimate of drug-likeness (QED) is 0.675. The number of thiophene rings is 1. The molecule has 3 aromatic rings. The lowest BCUT2D eigenvalue weighted by Gasteiger charge is -2.12. The molecule has 0 aliphatic heterocycles. The second-order valence-corrected chi connectivity index (χ2v) is 6.72. The van der Waals surface area contributed by atoms with Crippen molar-refractivity contribution >= 4 is 38.2 Å². The molecule has 2 nitrogen and oxygen atoms in total. The molecule has 1 atom stereocenters. The smallest absolute Gasteiger partial charge is 0.0456 e. The van der Waals surface area contributed by atoms with Gasteiger partial charge in [-0.1, -0.05) is 18.2 Å². The zero-order valence-corrected chi connectivity index (χ0v) is 13.7. The second-order valence-electron chi connectivity index (χ2n) is 4.92. The molecule has 2 aromatic heterocycles. The minimum atomic E-state index is 0.384. The highest BCUT2D eigenvalue weighted by atomic mass is 79.9. The van der Waals surface area contributed by atoms with Crippen molar-refractivity contribution in [2.75, 3.05) is 6.54 Å². The number of halogens is 1. The number of aromatic nitrogens is 1. The molecule has 4 heteroatoms. The minimum absolute atomic E-state index is 0.384. The van der Waals surface area contributed by atoms with Crippen molar-refractivity contribution in [2.45, 2.75) is 19.4 Å². The number of para-hydroxylation sites is 1. The van der Waals surface area contributed by atoms with Crippen molar-refractivity contribution < 1.29 is 0 Å². The predicted octanol–water partition coefficient (Wildman–Crippen LogP) is 4.89. The van der Waals surface area contributed by atoms with Gasteiger partial charge in [-0.2, -0.15) is 0 Å². The van der Waals surface area contributed by atoms with Crippen molar-refractivity contribution in [3.05, 3.63) is 56.8 Å². The summed E-state index contributed by atoms with van der Waals surface area (Å²) in [6.45, 7) is 3.19. The van der Waals surface area contributed by atoms with Gasteiger partial charge >= 0.3 is 0 Å². The molecule has 0 saturated carbocycles. The molecule has 20 heavy (non-hydrogen) atoms. The predicted molar refractivity (Wildman–Crippen MR) is 90.4 cm³/mol. The first-order valence-electron chi connectivity index (χ1n) is 6.77. The van der Waals surface area contributed by atoms with Gasteiger partial charge in [-0.15, -0.1) is 11.3 Å². The number of fused-ring (bicyclic) bond motifs is 1. The van der Waals surface area contributed by atoms with Crippen molar-refractivity contribution in [3.8, 4) is 0 Å². The van der Waals surface area contributed by atoms with Gasteiger partial charge in [0.05, 0.1) is 0 Å².